The van der Waals surface area contributed by atoms with Crippen LogP contribution >= 0.6 is 11.8 Å². The van der Waals surface area contributed by atoms with Crippen molar-refractivity contribution in [1.29, 1.82) is 0 Å². The first-order valence-electron chi connectivity index (χ1n) is 6.02. The summed E-state index contributed by atoms with van der Waals surface area (Å²) >= 11 is 1.38. The van der Waals surface area contributed by atoms with Crippen molar-refractivity contribution in [2.24, 2.45) is 0 Å². The van der Waals surface area contributed by atoms with E-state index in [0.717, 1.165) is 4.90 Å². The topological polar surface area (TPSA) is 71.3 Å². The van der Waals surface area contributed by atoms with Crippen molar-refractivity contribution in [1.82, 2.24) is 10.6 Å². The molecule has 0 aliphatic heterocycles. The van der Waals surface area contributed by atoms with Crippen molar-refractivity contribution in [2.75, 3.05) is 5.75 Å². The predicted octanol–water partition coefficient (Wildman–Crippen LogP) is 2.40. The van der Waals surface area contributed by atoms with Crippen LogP contribution in [0, 0.1) is 0 Å². The molecule has 20 heavy (non-hydrogen) atoms. The predicted molar refractivity (Wildman–Crippen MR) is 76.3 cm³/mol. The van der Waals surface area contributed by atoms with Gasteiger partial charge in [-0.25, -0.2) is 4.79 Å². The molecule has 0 spiro atoms. The van der Waals surface area contributed by atoms with E-state index < -0.39 is 6.03 Å². The third-order valence-electron chi connectivity index (χ3n) is 2.37. The van der Waals surface area contributed by atoms with Crippen LogP contribution in [-0.4, -0.2) is 17.7 Å². The minimum absolute atomic E-state index is 0.193. The highest BCUT2D eigenvalue weighted by Crippen LogP contribution is 2.16. The van der Waals surface area contributed by atoms with E-state index in [1.807, 2.05) is 30.3 Å². The number of hydrogen-bond acceptors (Lipinski definition) is 4. The smallest absolute Gasteiger partial charge is 0.321 e. The molecule has 0 radical (unpaired) electrons. The van der Waals surface area contributed by atoms with Crippen LogP contribution in [-0.2, 0) is 11.3 Å². The molecule has 0 fully saturated rings. The van der Waals surface area contributed by atoms with Gasteiger partial charge in [-0.3, -0.25) is 10.1 Å². The SMILES string of the molecule is O=C(CSc1ccccc1)NC(=O)NCc1ccco1. The number of rotatable bonds is 5. The van der Waals surface area contributed by atoms with Crippen molar-refractivity contribution in [2.45, 2.75) is 11.4 Å². The number of amides is 3. The minimum atomic E-state index is -0.528. The number of carbonyl (C=O) groups is 2. The quantitative estimate of drug-likeness (QED) is 0.829. The normalized spacial score (nSPS) is 10.0. The van der Waals surface area contributed by atoms with Gasteiger partial charge in [0, 0.05) is 4.90 Å². The van der Waals surface area contributed by atoms with E-state index in [1.165, 1.54) is 18.0 Å². The Morgan fingerprint density at radius 2 is 1.90 bits per heavy atom. The van der Waals surface area contributed by atoms with E-state index >= 15 is 0 Å². The van der Waals surface area contributed by atoms with Crippen LogP contribution in [0.3, 0.4) is 0 Å². The summed E-state index contributed by atoms with van der Waals surface area (Å²) in [5.41, 5.74) is 0. The van der Waals surface area contributed by atoms with Crippen molar-refractivity contribution < 1.29 is 14.0 Å². The summed E-state index contributed by atoms with van der Waals surface area (Å²) in [6.07, 6.45) is 1.52. The zero-order valence-electron chi connectivity index (χ0n) is 10.7. The van der Waals surface area contributed by atoms with Crippen LogP contribution in [0.2, 0.25) is 0 Å². The van der Waals surface area contributed by atoms with Gasteiger partial charge < -0.3 is 9.73 Å². The van der Waals surface area contributed by atoms with Crippen LogP contribution in [0.4, 0.5) is 4.79 Å². The van der Waals surface area contributed by atoms with Gasteiger partial charge in [0.15, 0.2) is 0 Å². The minimum Gasteiger partial charge on any atom is -0.467 e. The number of nitrogens with one attached hydrogen (secondary N) is 2. The van der Waals surface area contributed by atoms with Gasteiger partial charge in [0.25, 0.3) is 0 Å². The number of furan rings is 1. The number of hydrogen-bond donors (Lipinski definition) is 2. The number of carbonyl (C=O) groups excluding carboxylic acids is 2. The van der Waals surface area contributed by atoms with Crippen LogP contribution in [0.25, 0.3) is 0 Å². The Morgan fingerprint density at radius 1 is 1.10 bits per heavy atom. The van der Waals surface area contributed by atoms with E-state index in [2.05, 4.69) is 10.6 Å². The fourth-order valence-electron chi connectivity index (χ4n) is 1.45. The third kappa shape index (κ3) is 4.81. The molecule has 104 valence electrons. The van der Waals surface area contributed by atoms with Crippen molar-refractivity contribution in [3.05, 3.63) is 54.5 Å². The van der Waals surface area contributed by atoms with E-state index in [9.17, 15) is 9.59 Å². The van der Waals surface area contributed by atoms with Crippen molar-refractivity contribution in [3.8, 4) is 0 Å². The Kier molecular flexibility index (Phi) is 5.25. The largest absolute Gasteiger partial charge is 0.467 e. The van der Waals surface area contributed by atoms with Gasteiger partial charge in [-0.15, -0.1) is 11.8 Å². The monoisotopic (exact) mass is 290 g/mol. The maximum absolute atomic E-state index is 11.6. The Bertz CT molecular complexity index is 555. The van der Waals surface area contributed by atoms with Crippen LogP contribution in [0.15, 0.2) is 58.0 Å². The molecule has 1 heterocycles. The molecule has 2 N–H and O–H groups in total. The lowest BCUT2D eigenvalue weighted by Crippen LogP contribution is -2.39. The molecule has 0 aliphatic carbocycles. The average molecular weight is 290 g/mol. The van der Waals surface area contributed by atoms with Gasteiger partial charge in [-0.05, 0) is 24.3 Å². The van der Waals surface area contributed by atoms with Gasteiger partial charge in [0.1, 0.15) is 5.76 Å². The van der Waals surface area contributed by atoms with E-state index in [4.69, 9.17) is 4.42 Å². The first kappa shape index (κ1) is 14.2. The molecule has 6 heteroatoms. The second-order valence-electron chi connectivity index (χ2n) is 3.91. The molecule has 0 unspecified atom stereocenters. The molecule has 0 aliphatic rings. The average Bonchev–Trinajstić information content (AvgIpc) is 2.97. The van der Waals surface area contributed by atoms with Crippen molar-refractivity contribution in [3.63, 3.8) is 0 Å². The molecule has 1 aromatic carbocycles. The molecule has 0 saturated heterocycles. The summed E-state index contributed by atoms with van der Waals surface area (Å²) in [6.45, 7) is 0.248. The Labute approximate surface area is 120 Å². The summed E-state index contributed by atoms with van der Waals surface area (Å²) < 4.78 is 5.06. The Hall–Kier alpha value is -2.21. The Morgan fingerprint density at radius 3 is 2.60 bits per heavy atom. The number of imide groups is 1. The van der Waals surface area contributed by atoms with E-state index in [0.29, 0.717) is 5.76 Å². The van der Waals surface area contributed by atoms with Crippen LogP contribution in [0.5, 0.6) is 0 Å². The molecular formula is C14H14N2O3S. The van der Waals surface area contributed by atoms with Gasteiger partial charge >= 0.3 is 6.03 Å². The third-order valence-corrected chi connectivity index (χ3v) is 3.38. The number of benzene rings is 1. The zero-order valence-corrected chi connectivity index (χ0v) is 11.5. The fourth-order valence-corrected chi connectivity index (χ4v) is 2.17. The van der Waals surface area contributed by atoms with Gasteiger partial charge in [-0.2, -0.15) is 0 Å². The highest BCUT2D eigenvalue weighted by molar-refractivity contribution is 8.00. The van der Waals surface area contributed by atoms with Crippen LogP contribution < -0.4 is 10.6 Å². The molecular weight excluding hydrogens is 276 g/mol. The molecule has 2 aromatic rings. The molecule has 1 aromatic heterocycles. The van der Waals surface area contributed by atoms with Gasteiger partial charge in [0.2, 0.25) is 5.91 Å². The first-order chi connectivity index (χ1) is 9.74. The molecule has 3 amide bonds. The molecule has 0 bridgehead atoms. The fraction of sp³-hybridized carbons (Fsp3) is 0.143. The second-order valence-corrected chi connectivity index (χ2v) is 4.96. The molecule has 5 nitrogen and oxygen atoms in total. The maximum Gasteiger partial charge on any atom is 0.321 e. The number of urea groups is 1. The number of thioether (sulfide) groups is 1. The Balaban J connectivity index is 1.67. The molecule has 2 rings (SSSR count). The lowest BCUT2D eigenvalue weighted by molar-refractivity contribution is -0.117. The summed E-state index contributed by atoms with van der Waals surface area (Å²) in [7, 11) is 0. The molecule has 0 atom stereocenters. The van der Waals surface area contributed by atoms with Gasteiger partial charge in [-0.1, -0.05) is 18.2 Å². The summed E-state index contributed by atoms with van der Waals surface area (Å²) in [6, 6.07) is 12.5. The van der Waals surface area contributed by atoms with Gasteiger partial charge in [0.05, 0.1) is 18.6 Å². The summed E-state index contributed by atoms with van der Waals surface area (Å²) in [4.78, 5) is 24.0. The van der Waals surface area contributed by atoms with Crippen LogP contribution in [0.1, 0.15) is 5.76 Å². The van der Waals surface area contributed by atoms with Crippen molar-refractivity contribution >= 4 is 23.7 Å². The summed E-state index contributed by atoms with van der Waals surface area (Å²) in [5, 5.41) is 4.80. The first-order valence-corrected chi connectivity index (χ1v) is 7.00. The molecule has 0 saturated carbocycles. The standard InChI is InChI=1S/C14H14N2O3S/c17-13(10-20-12-6-2-1-3-7-12)16-14(18)15-9-11-5-4-8-19-11/h1-8H,9-10H2,(H2,15,16,17,18). The zero-order chi connectivity index (χ0) is 14.2. The second kappa shape index (κ2) is 7.40. The lowest BCUT2D eigenvalue weighted by atomic mass is 10.4. The highest BCUT2D eigenvalue weighted by Gasteiger charge is 2.08. The lowest BCUT2D eigenvalue weighted by Gasteiger charge is -2.05. The summed E-state index contributed by atoms with van der Waals surface area (Å²) in [5.74, 6) is 0.486. The maximum atomic E-state index is 11.6. The highest BCUT2D eigenvalue weighted by atomic mass is 32.2. The van der Waals surface area contributed by atoms with E-state index in [1.54, 1.807) is 12.1 Å². The van der Waals surface area contributed by atoms with E-state index in [-0.39, 0.29) is 18.2 Å².